The quantitative estimate of drug-likeness (QED) is 0.497. The molecule has 5 N–H and O–H groups in total. The molecule has 6 atom stereocenters. The van der Waals surface area contributed by atoms with Gasteiger partial charge >= 0.3 is 0 Å². The number of aromatic hydroxyl groups is 1. The maximum atomic E-state index is 9.88. The van der Waals surface area contributed by atoms with Crippen molar-refractivity contribution in [3.63, 3.8) is 0 Å². The average molecular weight is 300 g/mol. The Morgan fingerprint density at radius 1 is 1.14 bits per heavy atom. The van der Waals surface area contributed by atoms with Crippen LogP contribution < -0.4 is 0 Å². The molecule has 1 aliphatic heterocycles. The van der Waals surface area contributed by atoms with Crippen LogP contribution in [-0.4, -0.2) is 62.8 Å². The lowest BCUT2D eigenvalue weighted by Gasteiger charge is -2.40. The molecule has 1 unspecified atom stereocenters. The monoisotopic (exact) mass is 300 g/mol. The van der Waals surface area contributed by atoms with Crippen LogP contribution in [0.5, 0.6) is 5.75 Å². The first kappa shape index (κ1) is 16.2. The van der Waals surface area contributed by atoms with E-state index in [1.54, 1.807) is 25.1 Å². The largest absolute Gasteiger partial charge is 0.508 e. The van der Waals surface area contributed by atoms with Crippen LogP contribution in [0.4, 0.5) is 0 Å². The summed E-state index contributed by atoms with van der Waals surface area (Å²) in [4.78, 5) is 0. The predicted octanol–water partition coefficient (Wildman–Crippen LogP) is -0.730. The van der Waals surface area contributed by atoms with Gasteiger partial charge in [0, 0.05) is 5.56 Å². The summed E-state index contributed by atoms with van der Waals surface area (Å²) in [6.07, 6.45) is -7.24. The van der Waals surface area contributed by atoms with Gasteiger partial charge in [0.1, 0.15) is 30.2 Å². The fourth-order valence-electron chi connectivity index (χ4n) is 2.29. The summed E-state index contributed by atoms with van der Waals surface area (Å²) >= 11 is 0. The van der Waals surface area contributed by atoms with Gasteiger partial charge in [0.05, 0.1) is 12.7 Å². The van der Waals surface area contributed by atoms with Crippen LogP contribution in [0, 0.1) is 0 Å². The maximum absolute atomic E-state index is 9.88. The van der Waals surface area contributed by atoms with Crippen molar-refractivity contribution in [2.45, 2.75) is 43.7 Å². The van der Waals surface area contributed by atoms with Gasteiger partial charge in [-0.3, -0.25) is 0 Å². The van der Waals surface area contributed by atoms with Crippen molar-refractivity contribution in [1.29, 1.82) is 0 Å². The fraction of sp³-hybridized carbons (Fsp3) is 0.571. The minimum atomic E-state index is -1.49. The molecule has 0 bridgehead atoms. The first-order chi connectivity index (χ1) is 9.95. The normalized spacial score (nSPS) is 34.6. The van der Waals surface area contributed by atoms with E-state index < -0.39 is 43.4 Å². The molecule has 7 heteroatoms. The number of aliphatic hydroxyl groups is 4. The summed E-state index contributed by atoms with van der Waals surface area (Å²) < 4.78 is 10.8. The molecule has 0 amide bonds. The molecule has 2 rings (SSSR count). The van der Waals surface area contributed by atoms with E-state index in [1.165, 1.54) is 6.07 Å². The van der Waals surface area contributed by atoms with E-state index in [2.05, 4.69) is 0 Å². The van der Waals surface area contributed by atoms with E-state index in [9.17, 15) is 20.4 Å². The van der Waals surface area contributed by atoms with Crippen molar-refractivity contribution in [3.8, 4) is 5.75 Å². The van der Waals surface area contributed by atoms with Gasteiger partial charge in [0.25, 0.3) is 0 Å². The molecular formula is C14H20O7. The van der Waals surface area contributed by atoms with Gasteiger partial charge in [-0.15, -0.1) is 0 Å². The van der Waals surface area contributed by atoms with Crippen LogP contribution in [0.25, 0.3) is 0 Å². The van der Waals surface area contributed by atoms with Crippen molar-refractivity contribution in [1.82, 2.24) is 0 Å². The standard InChI is InChI=1S/C14H20O7/c1-7(8-4-2-3-5-9(8)16)20-14-13(19)12(18)11(17)10(6-15)21-14/h2-5,7,10-19H,6H2,1H3/t7?,10-,11-,12+,13-,14-/m1/s1. The Balaban J connectivity index is 2.09. The highest BCUT2D eigenvalue weighted by Gasteiger charge is 2.44. The minimum absolute atomic E-state index is 0.0367. The van der Waals surface area contributed by atoms with Crippen LogP contribution in [0.15, 0.2) is 24.3 Å². The van der Waals surface area contributed by atoms with Gasteiger partial charge in [-0.2, -0.15) is 0 Å². The Kier molecular flexibility index (Phi) is 5.15. The van der Waals surface area contributed by atoms with Gasteiger partial charge in [-0.25, -0.2) is 0 Å². The number of ether oxygens (including phenoxy) is 2. The number of hydrogen-bond donors (Lipinski definition) is 5. The first-order valence-corrected chi connectivity index (χ1v) is 6.69. The van der Waals surface area contributed by atoms with Crippen LogP contribution in [0.3, 0.4) is 0 Å². The zero-order valence-electron chi connectivity index (χ0n) is 11.5. The van der Waals surface area contributed by atoms with Crippen molar-refractivity contribution in [2.24, 2.45) is 0 Å². The van der Waals surface area contributed by atoms with Crippen molar-refractivity contribution >= 4 is 0 Å². The molecule has 0 radical (unpaired) electrons. The molecule has 1 aromatic carbocycles. The summed E-state index contributed by atoms with van der Waals surface area (Å²) in [7, 11) is 0. The summed E-state index contributed by atoms with van der Waals surface area (Å²) in [6, 6.07) is 6.55. The Bertz CT molecular complexity index is 464. The van der Waals surface area contributed by atoms with Crippen LogP contribution in [0.1, 0.15) is 18.6 Å². The van der Waals surface area contributed by atoms with E-state index in [0.717, 1.165) is 0 Å². The highest BCUT2D eigenvalue weighted by atomic mass is 16.7. The van der Waals surface area contributed by atoms with E-state index in [0.29, 0.717) is 5.56 Å². The lowest BCUT2D eigenvalue weighted by molar-refractivity contribution is -0.311. The van der Waals surface area contributed by atoms with E-state index in [4.69, 9.17) is 14.6 Å². The highest BCUT2D eigenvalue weighted by Crippen LogP contribution is 2.30. The number of phenols is 1. The summed E-state index contributed by atoms with van der Waals surface area (Å²) in [5, 5.41) is 48.1. The van der Waals surface area contributed by atoms with Crippen LogP contribution >= 0.6 is 0 Å². The Morgan fingerprint density at radius 2 is 1.81 bits per heavy atom. The zero-order valence-corrected chi connectivity index (χ0v) is 11.5. The number of hydrogen-bond acceptors (Lipinski definition) is 7. The fourth-order valence-corrected chi connectivity index (χ4v) is 2.29. The van der Waals surface area contributed by atoms with Crippen molar-refractivity contribution in [2.75, 3.05) is 6.61 Å². The zero-order chi connectivity index (χ0) is 15.6. The molecular weight excluding hydrogens is 280 g/mol. The second-order valence-corrected chi connectivity index (χ2v) is 5.03. The smallest absolute Gasteiger partial charge is 0.187 e. The SMILES string of the molecule is CC(O[C@@H]1O[C@H](CO)[C@@H](O)[C@H](O)[C@H]1O)c1ccccc1O. The highest BCUT2D eigenvalue weighted by molar-refractivity contribution is 5.33. The van der Waals surface area contributed by atoms with E-state index in [-0.39, 0.29) is 5.75 Å². The summed E-state index contributed by atoms with van der Waals surface area (Å²) in [5.41, 5.74) is 0.495. The maximum Gasteiger partial charge on any atom is 0.187 e. The first-order valence-electron chi connectivity index (χ1n) is 6.69. The number of para-hydroxylation sites is 1. The van der Waals surface area contributed by atoms with E-state index >= 15 is 0 Å². The van der Waals surface area contributed by atoms with Gasteiger partial charge in [0.15, 0.2) is 6.29 Å². The minimum Gasteiger partial charge on any atom is -0.508 e. The van der Waals surface area contributed by atoms with Gasteiger partial charge < -0.3 is 35.0 Å². The topological polar surface area (TPSA) is 120 Å². The Labute approximate surface area is 122 Å². The molecule has 7 nitrogen and oxygen atoms in total. The number of benzene rings is 1. The Hall–Kier alpha value is -1.22. The molecule has 1 aromatic rings. The molecule has 1 fully saturated rings. The van der Waals surface area contributed by atoms with Crippen molar-refractivity contribution < 1.29 is 35.0 Å². The van der Waals surface area contributed by atoms with Crippen LogP contribution in [0.2, 0.25) is 0 Å². The predicted molar refractivity (Wildman–Crippen MR) is 71.4 cm³/mol. The average Bonchev–Trinajstić information content (AvgIpc) is 2.48. The molecule has 0 spiro atoms. The molecule has 1 heterocycles. The third-order valence-electron chi connectivity index (χ3n) is 3.56. The Morgan fingerprint density at radius 3 is 2.43 bits per heavy atom. The number of phenolic OH excluding ortho intramolecular Hbond substituents is 1. The molecule has 21 heavy (non-hydrogen) atoms. The van der Waals surface area contributed by atoms with Crippen molar-refractivity contribution in [3.05, 3.63) is 29.8 Å². The van der Waals surface area contributed by atoms with Gasteiger partial charge in [-0.05, 0) is 13.0 Å². The molecule has 1 aliphatic rings. The lowest BCUT2D eigenvalue weighted by Crippen LogP contribution is -2.59. The van der Waals surface area contributed by atoms with Gasteiger partial charge in [0.2, 0.25) is 0 Å². The second kappa shape index (κ2) is 6.69. The number of rotatable bonds is 4. The number of aliphatic hydroxyl groups excluding tert-OH is 4. The third kappa shape index (κ3) is 3.34. The molecule has 0 aliphatic carbocycles. The van der Waals surface area contributed by atoms with Gasteiger partial charge in [-0.1, -0.05) is 18.2 Å². The molecule has 118 valence electrons. The molecule has 0 aromatic heterocycles. The third-order valence-corrected chi connectivity index (χ3v) is 3.56. The lowest BCUT2D eigenvalue weighted by atomic mass is 9.99. The van der Waals surface area contributed by atoms with Crippen LogP contribution in [-0.2, 0) is 9.47 Å². The summed E-state index contributed by atoms with van der Waals surface area (Å²) in [6.45, 7) is 1.13. The van der Waals surface area contributed by atoms with E-state index in [1.807, 2.05) is 0 Å². The molecule has 1 saturated heterocycles. The summed E-state index contributed by atoms with van der Waals surface area (Å²) in [5.74, 6) is 0.0367. The second-order valence-electron chi connectivity index (χ2n) is 5.03. The molecule has 0 saturated carbocycles.